The average Bonchev–Trinajstić information content (AvgIpc) is 3.23. The summed E-state index contributed by atoms with van der Waals surface area (Å²) in [5.74, 6) is 1.12. The van der Waals surface area contributed by atoms with Crippen LogP contribution in [0.5, 0.6) is 0 Å². The lowest BCUT2D eigenvalue weighted by atomic mass is 9.66. The molecule has 4 atom stereocenters. The molecule has 2 aliphatic rings. The highest BCUT2D eigenvalue weighted by Gasteiger charge is 2.68. The zero-order chi connectivity index (χ0) is 24.0. The topological polar surface area (TPSA) is 12.9 Å². The molecule has 4 aromatic rings. The Hall–Kier alpha value is -2.76. The highest BCUT2D eigenvalue weighted by atomic mass is 31.1. The van der Waals surface area contributed by atoms with Gasteiger partial charge in [0.25, 0.3) is 0 Å². The lowest BCUT2D eigenvalue weighted by Crippen LogP contribution is -2.35. The third-order valence-electron chi connectivity index (χ3n) is 9.34. The fraction of sp³-hybridized carbons (Fsp3) is 0.303. The minimum absolute atomic E-state index is 0.231. The Morgan fingerprint density at radius 1 is 0.686 bits per heavy atom. The van der Waals surface area contributed by atoms with Crippen LogP contribution in [-0.2, 0) is 0 Å². The van der Waals surface area contributed by atoms with Gasteiger partial charge in [-0.25, -0.2) is 0 Å². The summed E-state index contributed by atoms with van der Waals surface area (Å²) in [7, 11) is -0.524. The zero-order valence-electron chi connectivity index (χ0n) is 20.9. The van der Waals surface area contributed by atoms with E-state index >= 15 is 0 Å². The van der Waals surface area contributed by atoms with Gasteiger partial charge in [0, 0.05) is 17.2 Å². The van der Waals surface area contributed by atoms with Crippen molar-refractivity contribution in [3.05, 3.63) is 115 Å². The standard InChI is InChI=1S/C33H34NP/c1-32(2)27-22-23-33(32,3)30(29-21-13-20-28(34-29)24-14-7-4-8-15-24)31(27)35(25-16-9-5-10-17-25)26-18-11-6-12-19-26/h4-21,27,30-31H,22-23H2,1-3H3. The van der Waals surface area contributed by atoms with Crippen LogP contribution in [0.4, 0.5) is 0 Å². The highest BCUT2D eigenvalue weighted by Crippen LogP contribution is 2.76. The quantitative estimate of drug-likeness (QED) is 0.269. The molecule has 6 rings (SSSR count). The molecule has 176 valence electrons. The summed E-state index contributed by atoms with van der Waals surface area (Å²) < 4.78 is 0. The molecule has 2 bridgehead atoms. The first kappa shape index (κ1) is 22.7. The maximum absolute atomic E-state index is 5.38. The van der Waals surface area contributed by atoms with Crippen molar-refractivity contribution in [2.75, 3.05) is 0 Å². The number of hydrogen-bond acceptors (Lipinski definition) is 1. The van der Waals surface area contributed by atoms with Crippen molar-refractivity contribution in [3.63, 3.8) is 0 Å². The van der Waals surface area contributed by atoms with Gasteiger partial charge in [0.15, 0.2) is 0 Å². The van der Waals surface area contributed by atoms with E-state index < -0.39 is 7.92 Å². The number of aromatic nitrogens is 1. The summed E-state index contributed by atoms with van der Waals surface area (Å²) in [4.78, 5) is 5.38. The van der Waals surface area contributed by atoms with Gasteiger partial charge in [0.1, 0.15) is 0 Å². The molecule has 2 fully saturated rings. The van der Waals surface area contributed by atoms with E-state index in [0.717, 1.165) is 5.69 Å². The molecule has 0 amide bonds. The van der Waals surface area contributed by atoms with Crippen LogP contribution in [0.1, 0.15) is 45.2 Å². The van der Waals surface area contributed by atoms with E-state index in [0.29, 0.717) is 17.5 Å². The van der Waals surface area contributed by atoms with Crippen LogP contribution in [0.3, 0.4) is 0 Å². The Kier molecular flexibility index (Phi) is 5.65. The molecule has 0 radical (unpaired) electrons. The van der Waals surface area contributed by atoms with Crippen molar-refractivity contribution in [1.29, 1.82) is 0 Å². The minimum atomic E-state index is -0.524. The van der Waals surface area contributed by atoms with Gasteiger partial charge in [-0.2, -0.15) is 0 Å². The first-order chi connectivity index (χ1) is 17.0. The van der Waals surface area contributed by atoms with E-state index in [1.54, 1.807) is 0 Å². The third kappa shape index (κ3) is 3.59. The predicted molar refractivity (Wildman–Crippen MR) is 150 cm³/mol. The van der Waals surface area contributed by atoms with Gasteiger partial charge in [-0.1, -0.05) is 118 Å². The molecule has 2 saturated carbocycles. The van der Waals surface area contributed by atoms with Crippen LogP contribution < -0.4 is 10.6 Å². The van der Waals surface area contributed by atoms with Gasteiger partial charge in [-0.05, 0) is 65.9 Å². The molecule has 3 aromatic carbocycles. The molecule has 0 N–H and O–H groups in total. The van der Waals surface area contributed by atoms with Gasteiger partial charge in [-0.3, -0.25) is 4.98 Å². The summed E-state index contributed by atoms with van der Waals surface area (Å²) in [6.07, 6.45) is 2.61. The fourth-order valence-electron chi connectivity index (χ4n) is 7.22. The van der Waals surface area contributed by atoms with E-state index in [1.165, 1.54) is 34.7 Å². The predicted octanol–water partition coefficient (Wildman–Crippen LogP) is 7.79. The molecule has 1 nitrogen and oxygen atoms in total. The lowest BCUT2D eigenvalue weighted by Gasteiger charge is -2.42. The molecule has 1 aromatic heterocycles. The normalized spacial score (nSPS) is 26.8. The molecule has 2 heteroatoms. The van der Waals surface area contributed by atoms with Crippen molar-refractivity contribution in [3.8, 4) is 11.3 Å². The third-order valence-corrected chi connectivity index (χ3v) is 12.3. The highest BCUT2D eigenvalue weighted by molar-refractivity contribution is 7.73. The summed E-state index contributed by atoms with van der Waals surface area (Å²) in [6, 6.07) is 40.0. The molecular formula is C33H34NP. The molecule has 0 aliphatic heterocycles. The number of nitrogens with zero attached hydrogens (tertiary/aromatic N) is 1. The second kappa shape index (κ2) is 8.72. The molecule has 0 spiro atoms. The van der Waals surface area contributed by atoms with E-state index in [2.05, 4.69) is 130 Å². The van der Waals surface area contributed by atoms with Gasteiger partial charge < -0.3 is 0 Å². The van der Waals surface area contributed by atoms with Crippen molar-refractivity contribution >= 4 is 18.5 Å². The first-order valence-electron chi connectivity index (χ1n) is 12.9. The smallest absolute Gasteiger partial charge is 0.0705 e. The van der Waals surface area contributed by atoms with Gasteiger partial charge in [-0.15, -0.1) is 0 Å². The molecule has 4 unspecified atom stereocenters. The minimum Gasteiger partial charge on any atom is -0.253 e. The van der Waals surface area contributed by atoms with E-state index in [9.17, 15) is 0 Å². The first-order valence-corrected chi connectivity index (χ1v) is 14.3. The summed E-state index contributed by atoms with van der Waals surface area (Å²) >= 11 is 0. The molecule has 35 heavy (non-hydrogen) atoms. The monoisotopic (exact) mass is 475 g/mol. The Bertz CT molecular complexity index is 1260. The van der Waals surface area contributed by atoms with E-state index in [4.69, 9.17) is 4.98 Å². The van der Waals surface area contributed by atoms with E-state index in [-0.39, 0.29) is 10.8 Å². The summed E-state index contributed by atoms with van der Waals surface area (Å²) in [5, 5.41) is 2.99. The Morgan fingerprint density at radius 3 is 1.86 bits per heavy atom. The van der Waals surface area contributed by atoms with Gasteiger partial charge in [0.2, 0.25) is 0 Å². The molecule has 1 heterocycles. The van der Waals surface area contributed by atoms with Crippen LogP contribution in [0.25, 0.3) is 11.3 Å². The summed E-state index contributed by atoms with van der Waals surface area (Å²) in [5.41, 5.74) is 4.66. The Labute approximate surface area is 211 Å². The number of fused-ring (bicyclic) bond motifs is 2. The number of hydrogen-bond donors (Lipinski definition) is 0. The van der Waals surface area contributed by atoms with Crippen LogP contribution >= 0.6 is 7.92 Å². The Balaban J connectivity index is 1.54. The number of rotatable bonds is 5. The van der Waals surface area contributed by atoms with Crippen LogP contribution in [0.15, 0.2) is 109 Å². The van der Waals surface area contributed by atoms with Crippen LogP contribution in [-0.4, -0.2) is 10.6 Å². The van der Waals surface area contributed by atoms with Crippen molar-refractivity contribution in [2.24, 2.45) is 16.7 Å². The van der Waals surface area contributed by atoms with Gasteiger partial charge in [0.05, 0.1) is 5.69 Å². The maximum atomic E-state index is 5.38. The molecular weight excluding hydrogens is 441 g/mol. The van der Waals surface area contributed by atoms with Crippen molar-refractivity contribution in [1.82, 2.24) is 4.98 Å². The number of pyridine rings is 1. The van der Waals surface area contributed by atoms with Crippen molar-refractivity contribution < 1.29 is 0 Å². The lowest BCUT2D eigenvalue weighted by molar-refractivity contribution is 0.133. The van der Waals surface area contributed by atoms with Crippen LogP contribution in [0.2, 0.25) is 0 Å². The summed E-state index contributed by atoms with van der Waals surface area (Å²) in [6.45, 7) is 7.66. The fourth-order valence-corrected chi connectivity index (χ4v) is 10.9. The molecule has 2 aliphatic carbocycles. The maximum Gasteiger partial charge on any atom is 0.0705 e. The van der Waals surface area contributed by atoms with Crippen LogP contribution in [0, 0.1) is 16.7 Å². The average molecular weight is 476 g/mol. The largest absolute Gasteiger partial charge is 0.253 e. The van der Waals surface area contributed by atoms with Gasteiger partial charge >= 0.3 is 0 Å². The second-order valence-electron chi connectivity index (χ2n) is 11.1. The molecule has 0 saturated heterocycles. The van der Waals surface area contributed by atoms with E-state index in [1.807, 2.05) is 0 Å². The zero-order valence-corrected chi connectivity index (χ0v) is 21.8. The number of benzene rings is 3. The Morgan fingerprint density at radius 2 is 1.26 bits per heavy atom. The van der Waals surface area contributed by atoms with Crippen molar-refractivity contribution in [2.45, 2.75) is 45.2 Å². The SMILES string of the molecule is CC1(C)C2CCC1(C)C(c1cccc(-c3ccccc3)n1)C2P(c1ccccc1)c1ccccc1. The second-order valence-corrected chi connectivity index (χ2v) is 13.5.